The van der Waals surface area contributed by atoms with E-state index < -0.39 is 5.97 Å². The minimum absolute atomic E-state index is 0.0337. The molecule has 0 radical (unpaired) electrons. The van der Waals surface area contributed by atoms with Crippen LogP contribution in [-0.4, -0.2) is 23.2 Å². The van der Waals surface area contributed by atoms with Crippen LogP contribution in [0.25, 0.3) is 0 Å². The summed E-state index contributed by atoms with van der Waals surface area (Å²) in [7, 11) is 1.54. The van der Waals surface area contributed by atoms with Gasteiger partial charge in [0, 0.05) is 30.2 Å². The van der Waals surface area contributed by atoms with Crippen molar-refractivity contribution in [2.75, 3.05) is 12.4 Å². The molecule has 3 aromatic rings. The SMILES string of the molecule is COc1cc(CNc2ccc(Cl)c(C(=O)O)c2)cc(Cl)c1OCc1cccnc1. The number of aromatic carboxylic acids is 1. The summed E-state index contributed by atoms with van der Waals surface area (Å²) in [4.78, 5) is 15.3. The number of anilines is 1. The van der Waals surface area contributed by atoms with E-state index in [0.29, 0.717) is 35.4 Å². The van der Waals surface area contributed by atoms with Gasteiger partial charge in [0.25, 0.3) is 0 Å². The molecule has 0 bridgehead atoms. The van der Waals surface area contributed by atoms with Crippen LogP contribution in [0.2, 0.25) is 10.0 Å². The van der Waals surface area contributed by atoms with Crippen molar-refractivity contribution in [1.82, 2.24) is 4.98 Å². The highest BCUT2D eigenvalue weighted by atomic mass is 35.5. The largest absolute Gasteiger partial charge is 0.493 e. The monoisotopic (exact) mass is 432 g/mol. The summed E-state index contributed by atoms with van der Waals surface area (Å²) in [5.74, 6) is -0.138. The summed E-state index contributed by atoms with van der Waals surface area (Å²) in [5.41, 5.74) is 2.41. The lowest BCUT2D eigenvalue weighted by atomic mass is 10.1. The molecule has 29 heavy (non-hydrogen) atoms. The molecular weight excluding hydrogens is 415 g/mol. The molecule has 6 nitrogen and oxygen atoms in total. The van der Waals surface area contributed by atoms with E-state index in [2.05, 4.69) is 10.3 Å². The van der Waals surface area contributed by atoms with E-state index in [0.717, 1.165) is 11.1 Å². The van der Waals surface area contributed by atoms with Crippen molar-refractivity contribution in [3.63, 3.8) is 0 Å². The van der Waals surface area contributed by atoms with E-state index >= 15 is 0 Å². The van der Waals surface area contributed by atoms with Gasteiger partial charge in [-0.25, -0.2) is 4.79 Å². The number of carboxylic acid groups (broad SMARTS) is 1. The van der Waals surface area contributed by atoms with Crippen LogP contribution in [0.15, 0.2) is 54.9 Å². The fraction of sp³-hybridized carbons (Fsp3) is 0.143. The number of hydrogen-bond acceptors (Lipinski definition) is 5. The van der Waals surface area contributed by atoms with Crippen molar-refractivity contribution in [2.45, 2.75) is 13.2 Å². The Hall–Kier alpha value is -2.96. The summed E-state index contributed by atoms with van der Waals surface area (Å²) >= 11 is 12.3. The molecule has 0 aliphatic carbocycles. The summed E-state index contributed by atoms with van der Waals surface area (Å²) in [6.07, 6.45) is 3.41. The average molecular weight is 433 g/mol. The topological polar surface area (TPSA) is 80.7 Å². The number of hydrogen-bond donors (Lipinski definition) is 2. The van der Waals surface area contributed by atoms with Gasteiger partial charge in [-0.2, -0.15) is 0 Å². The van der Waals surface area contributed by atoms with E-state index in [-0.39, 0.29) is 10.6 Å². The molecule has 2 aromatic carbocycles. The second kappa shape index (κ2) is 9.49. The Labute approximate surface area is 178 Å². The summed E-state index contributed by atoms with van der Waals surface area (Å²) < 4.78 is 11.2. The Morgan fingerprint density at radius 1 is 1.14 bits per heavy atom. The maximum Gasteiger partial charge on any atom is 0.337 e. The molecule has 2 N–H and O–H groups in total. The number of ether oxygens (including phenoxy) is 2. The van der Waals surface area contributed by atoms with Gasteiger partial charge in [0.2, 0.25) is 0 Å². The van der Waals surface area contributed by atoms with Gasteiger partial charge < -0.3 is 19.9 Å². The first-order valence-corrected chi connectivity index (χ1v) is 9.38. The number of halogens is 2. The number of benzene rings is 2. The molecule has 0 atom stereocenters. The lowest BCUT2D eigenvalue weighted by molar-refractivity contribution is 0.0697. The van der Waals surface area contributed by atoms with Gasteiger partial charge in [-0.15, -0.1) is 0 Å². The van der Waals surface area contributed by atoms with Crippen molar-refractivity contribution in [1.29, 1.82) is 0 Å². The summed E-state index contributed by atoms with van der Waals surface area (Å²) in [6.45, 7) is 0.712. The van der Waals surface area contributed by atoms with Crippen LogP contribution in [-0.2, 0) is 13.2 Å². The number of rotatable bonds is 8. The van der Waals surface area contributed by atoms with Gasteiger partial charge in [0.05, 0.1) is 22.7 Å². The molecule has 0 amide bonds. The Balaban J connectivity index is 1.73. The Kier molecular flexibility index (Phi) is 6.80. The molecule has 150 valence electrons. The third kappa shape index (κ3) is 5.31. The zero-order valence-electron chi connectivity index (χ0n) is 15.5. The lowest BCUT2D eigenvalue weighted by Gasteiger charge is -2.15. The zero-order valence-corrected chi connectivity index (χ0v) is 17.0. The van der Waals surface area contributed by atoms with E-state index in [9.17, 15) is 9.90 Å². The van der Waals surface area contributed by atoms with Crippen LogP contribution in [0.1, 0.15) is 21.5 Å². The summed E-state index contributed by atoms with van der Waals surface area (Å²) in [6, 6.07) is 12.0. The molecule has 1 heterocycles. The Bertz CT molecular complexity index is 1010. The lowest BCUT2D eigenvalue weighted by Crippen LogP contribution is -2.04. The van der Waals surface area contributed by atoms with Crippen molar-refractivity contribution in [2.24, 2.45) is 0 Å². The molecule has 8 heteroatoms. The number of carbonyl (C=O) groups is 1. The highest BCUT2D eigenvalue weighted by molar-refractivity contribution is 6.33. The predicted molar refractivity (Wildman–Crippen MR) is 112 cm³/mol. The molecule has 3 rings (SSSR count). The molecule has 0 aliphatic rings. The fourth-order valence-corrected chi connectivity index (χ4v) is 3.14. The molecule has 0 spiro atoms. The van der Waals surface area contributed by atoms with Crippen LogP contribution in [0.5, 0.6) is 11.5 Å². The maximum absolute atomic E-state index is 11.2. The van der Waals surface area contributed by atoms with Gasteiger partial charge >= 0.3 is 5.97 Å². The van der Waals surface area contributed by atoms with Gasteiger partial charge in [0.15, 0.2) is 11.5 Å². The average Bonchev–Trinajstić information content (AvgIpc) is 2.72. The van der Waals surface area contributed by atoms with Crippen LogP contribution >= 0.6 is 23.2 Å². The number of carboxylic acids is 1. The molecule has 0 aliphatic heterocycles. The number of methoxy groups -OCH3 is 1. The van der Waals surface area contributed by atoms with E-state index in [4.69, 9.17) is 32.7 Å². The highest BCUT2D eigenvalue weighted by Gasteiger charge is 2.13. The van der Waals surface area contributed by atoms with Crippen molar-refractivity contribution in [3.8, 4) is 11.5 Å². The predicted octanol–water partition coefficient (Wildman–Crippen LogP) is 5.29. The minimum atomic E-state index is -1.08. The normalized spacial score (nSPS) is 10.4. The second-order valence-corrected chi connectivity index (χ2v) is 6.93. The number of aromatic nitrogens is 1. The highest BCUT2D eigenvalue weighted by Crippen LogP contribution is 2.37. The molecule has 1 aromatic heterocycles. The fourth-order valence-electron chi connectivity index (χ4n) is 2.66. The van der Waals surface area contributed by atoms with E-state index in [1.54, 1.807) is 24.5 Å². The van der Waals surface area contributed by atoms with Gasteiger partial charge in [0.1, 0.15) is 6.61 Å². The Morgan fingerprint density at radius 3 is 2.66 bits per heavy atom. The first kappa shape index (κ1) is 20.8. The van der Waals surface area contributed by atoms with Gasteiger partial charge in [-0.3, -0.25) is 4.98 Å². The minimum Gasteiger partial charge on any atom is -0.493 e. The second-order valence-electron chi connectivity index (χ2n) is 6.11. The molecular formula is C21H18Cl2N2O4. The van der Waals surface area contributed by atoms with Crippen molar-refractivity contribution < 1.29 is 19.4 Å². The van der Waals surface area contributed by atoms with E-state index in [1.165, 1.54) is 19.2 Å². The van der Waals surface area contributed by atoms with Crippen LogP contribution < -0.4 is 14.8 Å². The number of nitrogens with zero attached hydrogens (tertiary/aromatic N) is 1. The van der Waals surface area contributed by atoms with Gasteiger partial charge in [-0.1, -0.05) is 29.3 Å². The first-order valence-electron chi connectivity index (χ1n) is 8.62. The third-order valence-electron chi connectivity index (χ3n) is 4.09. The number of pyridine rings is 1. The van der Waals surface area contributed by atoms with Crippen molar-refractivity contribution in [3.05, 3.63) is 81.6 Å². The first-order chi connectivity index (χ1) is 14.0. The smallest absolute Gasteiger partial charge is 0.337 e. The summed E-state index contributed by atoms with van der Waals surface area (Å²) in [5, 5.41) is 12.9. The van der Waals surface area contributed by atoms with Crippen LogP contribution in [0.3, 0.4) is 0 Å². The molecule has 0 saturated carbocycles. The number of nitrogens with one attached hydrogen (secondary N) is 1. The quantitative estimate of drug-likeness (QED) is 0.503. The van der Waals surface area contributed by atoms with Crippen LogP contribution in [0.4, 0.5) is 5.69 Å². The maximum atomic E-state index is 11.2. The van der Waals surface area contributed by atoms with Crippen LogP contribution in [0, 0.1) is 0 Å². The van der Waals surface area contributed by atoms with E-state index in [1.807, 2.05) is 18.2 Å². The zero-order chi connectivity index (χ0) is 20.8. The molecule has 0 saturated heterocycles. The molecule has 0 fully saturated rings. The van der Waals surface area contributed by atoms with Crippen molar-refractivity contribution >= 4 is 34.9 Å². The Morgan fingerprint density at radius 2 is 1.97 bits per heavy atom. The molecule has 0 unspecified atom stereocenters. The standard InChI is InChI=1S/C21H18Cl2N2O4/c1-28-19-8-14(11-25-15-4-5-17(22)16(9-15)21(26)27)7-18(23)20(19)29-12-13-3-2-6-24-10-13/h2-10,25H,11-12H2,1H3,(H,26,27). The van der Waals surface area contributed by atoms with Gasteiger partial charge in [-0.05, 0) is 42.0 Å². The third-order valence-corrected chi connectivity index (χ3v) is 4.70.